The summed E-state index contributed by atoms with van der Waals surface area (Å²) >= 11 is 1.62. The third-order valence-corrected chi connectivity index (χ3v) is 4.11. The van der Waals surface area contributed by atoms with Gasteiger partial charge in [0.25, 0.3) is 0 Å². The Kier molecular flexibility index (Phi) is 2.96. The van der Waals surface area contributed by atoms with Crippen molar-refractivity contribution in [3.63, 3.8) is 0 Å². The van der Waals surface area contributed by atoms with E-state index < -0.39 is 0 Å². The molecule has 1 fully saturated rings. The summed E-state index contributed by atoms with van der Waals surface area (Å²) in [7, 11) is 1.69. The first-order chi connectivity index (χ1) is 8.76. The second kappa shape index (κ2) is 4.61. The fraction of sp³-hybridized carbons (Fsp3) is 0.357. The van der Waals surface area contributed by atoms with Crippen LogP contribution in [0.5, 0.6) is 5.75 Å². The van der Waals surface area contributed by atoms with Gasteiger partial charge in [0.1, 0.15) is 5.75 Å². The summed E-state index contributed by atoms with van der Waals surface area (Å²) in [6.45, 7) is 0. The minimum absolute atomic E-state index is 0.652. The maximum atomic E-state index is 5.84. The van der Waals surface area contributed by atoms with Crippen molar-refractivity contribution in [2.24, 2.45) is 0 Å². The summed E-state index contributed by atoms with van der Waals surface area (Å²) in [6, 6.07) is 8.18. The zero-order chi connectivity index (χ0) is 12.5. The minimum atomic E-state index is 0.652. The maximum Gasteiger partial charge on any atom is 0.180 e. The number of methoxy groups -OCH3 is 1. The van der Waals surface area contributed by atoms with E-state index >= 15 is 0 Å². The van der Waals surface area contributed by atoms with Crippen molar-refractivity contribution in [3.05, 3.63) is 40.4 Å². The zero-order valence-corrected chi connectivity index (χ0v) is 11.2. The molecule has 0 saturated heterocycles. The summed E-state index contributed by atoms with van der Waals surface area (Å²) in [6.07, 6.45) is 3.42. The fourth-order valence-electron chi connectivity index (χ4n) is 2.15. The van der Waals surface area contributed by atoms with Crippen LogP contribution in [0.2, 0.25) is 0 Å². The Bertz CT molecular complexity index is 561. The third kappa shape index (κ3) is 2.34. The first kappa shape index (κ1) is 11.5. The van der Waals surface area contributed by atoms with Gasteiger partial charge in [0.05, 0.1) is 12.8 Å². The second-order valence-electron chi connectivity index (χ2n) is 4.66. The van der Waals surface area contributed by atoms with Gasteiger partial charge in [-0.3, -0.25) is 0 Å². The first-order valence-corrected chi connectivity index (χ1v) is 6.96. The van der Waals surface area contributed by atoms with Gasteiger partial charge >= 0.3 is 0 Å². The van der Waals surface area contributed by atoms with Gasteiger partial charge in [0.15, 0.2) is 5.13 Å². The molecule has 0 radical (unpaired) electrons. The van der Waals surface area contributed by atoms with Crippen LogP contribution in [0.3, 0.4) is 0 Å². The van der Waals surface area contributed by atoms with Gasteiger partial charge < -0.3 is 10.5 Å². The lowest BCUT2D eigenvalue weighted by atomic mass is 10.1. The van der Waals surface area contributed by atoms with Crippen LogP contribution in [0, 0.1) is 0 Å². The van der Waals surface area contributed by atoms with Crippen molar-refractivity contribution < 1.29 is 4.74 Å². The lowest BCUT2D eigenvalue weighted by Crippen LogP contribution is -1.92. The zero-order valence-electron chi connectivity index (χ0n) is 10.3. The Balaban J connectivity index is 1.86. The van der Waals surface area contributed by atoms with E-state index in [2.05, 4.69) is 17.1 Å². The van der Waals surface area contributed by atoms with E-state index in [1.165, 1.54) is 29.0 Å². The molecule has 1 aliphatic carbocycles. The van der Waals surface area contributed by atoms with Crippen molar-refractivity contribution in [2.75, 3.05) is 12.8 Å². The van der Waals surface area contributed by atoms with Crippen LogP contribution >= 0.6 is 11.3 Å². The number of benzene rings is 1. The molecule has 3 rings (SSSR count). The van der Waals surface area contributed by atoms with Crippen LogP contribution in [-0.4, -0.2) is 12.1 Å². The summed E-state index contributed by atoms with van der Waals surface area (Å²) in [5.41, 5.74) is 8.31. The number of aromatic nitrogens is 1. The van der Waals surface area contributed by atoms with E-state index in [0.717, 1.165) is 12.2 Å². The molecule has 1 saturated carbocycles. The molecule has 94 valence electrons. The van der Waals surface area contributed by atoms with Crippen LogP contribution in [-0.2, 0) is 6.42 Å². The highest BCUT2D eigenvalue weighted by Gasteiger charge is 2.29. The van der Waals surface area contributed by atoms with Crippen molar-refractivity contribution in [2.45, 2.75) is 25.2 Å². The Morgan fingerprint density at radius 1 is 1.44 bits per heavy atom. The Morgan fingerprint density at radius 3 is 3.00 bits per heavy atom. The number of hydrogen-bond donors (Lipinski definition) is 1. The predicted molar refractivity (Wildman–Crippen MR) is 74.3 cm³/mol. The van der Waals surface area contributed by atoms with Gasteiger partial charge in [0.2, 0.25) is 0 Å². The van der Waals surface area contributed by atoms with E-state index in [1.807, 2.05) is 12.1 Å². The van der Waals surface area contributed by atoms with E-state index in [-0.39, 0.29) is 0 Å². The van der Waals surface area contributed by atoms with Gasteiger partial charge in [-0.25, -0.2) is 4.98 Å². The number of thiazole rings is 1. The third-order valence-electron chi connectivity index (χ3n) is 3.21. The average molecular weight is 260 g/mol. The van der Waals surface area contributed by atoms with Crippen molar-refractivity contribution in [1.29, 1.82) is 0 Å². The molecule has 2 aromatic rings. The molecule has 18 heavy (non-hydrogen) atoms. The standard InChI is InChI=1S/C14H16N2OS/c1-17-11-4-2-3-9(7-11)8-12-13(10-5-6-10)16-14(15)18-12/h2-4,7,10H,5-6,8H2,1H3,(H2,15,16). The molecule has 2 N–H and O–H groups in total. The van der Waals surface area contributed by atoms with Crippen LogP contribution < -0.4 is 10.5 Å². The van der Waals surface area contributed by atoms with Crippen molar-refractivity contribution in [3.8, 4) is 5.75 Å². The lowest BCUT2D eigenvalue weighted by Gasteiger charge is -2.04. The molecule has 0 amide bonds. The highest BCUT2D eigenvalue weighted by Crippen LogP contribution is 2.43. The lowest BCUT2D eigenvalue weighted by molar-refractivity contribution is 0.414. The molecule has 3 nitrogen and oxygen atoms in total. The largest absolute Gasteiger partial charge is 0.497 e. The molecule has 1 aliphatic rings. The van der Waals surface area contributed by atoms with Crippen LogP contribution in [0.1, 0.15) is 34.9 Å². The van der Waals surface area contributed by atoms with Crippen LogP contribution in [0.15, 0.2) is 24.3 Å². The topological polar surface area (TPSA) is 48.1 Å². The van der Waals surface area contributed by atoms with Gasteiger partial charge in [0, 0.05) is 17.2 Å². The number of nitrogens with two attached hydrogens (primary N) is 1. The smallest absolute Gasteiger partial charge is 0.180 e. The summed E-state index contributed by atoms with van der Waals surface area (Å²) in [5, 5.41) is 0.690. The van der Waals surface area contributed by atoms with Gasteiger partial charge in [-0.1, -0.05) is 12.1 Å². The molecule has 4 heteroatoms. The predicted octanol–water partition coefficient (Wildman–Crippen LogP) is 3.20. The number of ether oxygens (including phenoxy) is 1. The maximum absolute atomic E-state index is 5.84. The first-order valence-electron chi connectivity index (χ1n) is 6.14. The molecular formula is C14H16N2OS. The van der Waals surface area contributed by atoms with Crippen LogP contribution in [0.25, 0.3) is 0 Å². The minimum Gasteiger partial charge on any atom is -0.497 e. The number of rotatable bonds is 4. The molecule has 1 aromatic carbocycles. The van der Waals surface area contributed by atoms with Crippen LogP contribution in [0.4, 0.5) is 5.13 Å². The second-order valence-corrected chi connectivity index (χ2v) is 5.78. The molecule has 1 aromatic heterocycles. The molecule has 0 bridgehead atoms. The molecule has 0 spiro atoms. The van der Waals surface area contributed by atoms with Gasteiger partial charge in [-0.2, -0.15) is 0 Å². The SMILES string of the molecule is COc1cccc(Cc2sc(N)nc2C2CC2)c1. The van der Waals surface area contributed by atoms with Crippen molar-refractivity contribution >= 4 is 16.5 Å². The highest BCUT2D eigenvalue weighted by molar-refractivity contribution is 7.15. The highest BCUT2D eigenvalue weighted by atomic mass is 32.1. The Morgan fingerprint density at radius 2 is 2.28 bits per heavy atom. The van der Waals surface area contributed by atoms with Crippen molar-refractivity contribution in [1.82, 2.24) is 4.98 Å². The van der Waals surface area contributed by atoms with E-state index in [0.29, 0.717) is 11.0 Å². The normalized spacial score (nSPS) is 14.7. The number of nitrogen functional groups attached to an aromatic ring is 1. The summed E-state index contributed by atoms with van der Waals surface area (Å²) in [5.74, 6) is 1.55. The average Bonchev–Trinajstić information content (AvgIpc) is 3.15. The van der Waals surface area contributed by atoms with E-state index in [4.69, 9.17) is 10.5 Å². The monoisotopic (exact) mass is 260 g/mol. The quantitative estimate of drug-likeness (QED) is 0.918. The summed E-state index contributed by atoms with van der Waals surface area (Å²) < 4.78 is 5.25. The molecule has 0 atom stereocenters. The molecule has 0 unspecified atom stereocenters. The fourth-order valence-corrected chi connectivity index (χ4v) is 3.10. The molecule has 0 aliphatic heterocycles. The Labute approximate surface area is 111 Å². The molecule has 1 heterocycles. The van der Waals surface area contributed by atoms with Gasteiger partial charge in [-0.15, -0.1) is 11.3 Å². The Hall–Kier alpha value is -1.55. The number of nitrogens with zero attached hydrogens (tertiary/aromatic N) is 1. The summed E-state index contributed by atoms with van der Waals surface area (Å²) in [4.78, 5) is 5.79. The number of anilines is 1. The van der Waals surface area contributed by atoms with E-state index in [9.17, 15) is 0 Å². The number of hydrogen-bond acceptors (Lipinski definition) is 4. The van der Waals surface area contributed by atoms with E-state index in [1.54, 1.807) is 18.4 Å². The van der Waals surface area contributed by atoms with Gasteiger partial charge in [-0.05, 0) is 30.5 Å². The molecular weight excluding hydrogens is 244 g/mol.